The van der Waals surface area contributed by atoms with Gasteiger partial charge >= 0.3 is 11.9 Å². The van der Waals surface area contributed by atoms with Crippen LogP contribution in [0.2, 0.25) is 0 Å². The fourth-order valence-corrected chi connectivity index (χ4v) is 5.34. The Kier molecular flexibility index (Phi) is 5.80. The van der Waals surface area contributed by atoms with Crippen molar-refractivity contribution in [3.63, 3.8) is 0 Å². The number of nitrogens with zero attached hydrogens (tertiary/aromatic N) is 1. The van der Waals surface area contributed by atoms with Crippen molar-refractivity contribution in [3.05, 3.63) is 0 Å². The van der Waals surface area contributed by atoms with E-state index in [1.807, 2.05) is 0 Å². The summed E-state index contributed by atoms with van der Waals surface area (Å²) in [6, 6.07) is 1.66. The molecular weight excluding hydrogens is 306 g/mol. The Morgan fingerprint density at radius 2 is 0.917 bits per heavy atom. The van der Waals surface area contributed by atoms with Crippen molar-refractivity contribution in [1.82, 2.24) is 4.90 Å². The van der Waals surface area contributed by atoms with E-state index in [0.717, 1.165) is 51.4 Å². The van der Waals surface area contributed by atoms with Crippen molar-refractivity contribution in [2.75, 3.05) is 0 Å². The van der Waals surface area contributed by atoms with Crippen molar-refractivity contribution in [3.8, 4) is 0 Å². The average molecular weight is 337 g/mol. The van der Waals surface area contributed by atoms with Gasteiger partial charge in [-0.1, -0.05) is 12.8 Å². The van der Waals surface area contributed by atoms with Gasteiger partial charge in [-0.25, -0.2) is 0 Å². The first-order valence-corrected chi connectivity index (χ1v) is 9.79. The van der Waals surface area contributed by atoms with Gasteiger partial charge in [-0.3, -0.25) is 14.5 Å². The highest BCUT2D eigenvalue weighted by atomic mass is 16.4. The molecule has 3 aliphatic rings. The third-order valence-electron chi connectivity index (χ3n) is 6.68. The molecule has 0 radical (unpaired) electrons. The first-order valence-electron chi connectivity index (χ1n) is 9.79. The summed E-state index contributed by atoms with van der Waals surface area (Å²) in [5, 5.41) is 18.5. The maximum atomic E-state index is 11.2. The lowest BCUT2D eigenvalue weighted by Gasteiger charge is -2.46. The molecule has 0 aromatic carbocycles. The zero-order valence-corrected chi connectivity index (χ0v) is 14.5. The minimum atomic E-state index is -0.636. The average Bonchev–Trinajstić information content (AvgIpc) is 3.10. The van der Waals surface area contributed by atoms with E-state index in [9.17, 15) is 19.8 Å². The van der Waals surface area contributed by atoms with E-state index in [-0.39, 0.29) is 11.8 Å². The highest BCUT2D eigenvalue weighted by Gasteiger charge is 2.39. The molecule has 3 rings (SSSR count). The van der Waals surface area contributed by atoms with Gasteiger partial charge in [0.2, 0.25) is 0 Å². The van der Waals surface area contributed by atoms with Crippen molar-refractivity contribution in [2.24, 2.45) is 11.8 Å². The molecule has 3 saturated carbocycles. The Balaban J connectivity index is 1.64. The molecule has 3 fully saturated rings. The second-order valence-electron chi connectivity index (χ2n) is 8.07. The molecule has 24 heavy (non-hydrogen) atoms. The van der Waals surface area contributed by atoms with Gasteiger partial charge in [-0.05, 0) is 64.2 Å². The summed E-state index contributed by atoms with van der Waals surface area (Å²) in [6.07, 6.45) is 12.3. The number of carboxylic acid groups (broad SMARTS) is 2. The van der Waals surface area contributed by atoms with Crippen LogP contribution in [0.1, 0.15) is 77.0 Å². The lowest BCUT2D eigenvalue weighted by Crippen LogP contribution is -2.51. The topological polar surface area (TPSA) is 77.8 Å². The second-order valence-corrected chi connectivity index (χ2v) is 8.07. The zero-order chi connectivity index (χ0) is 17.1. The molecule has 136 valence electrons. The Labute approximate surface area is 144 Å². The molecule has 0 saturated heterocycles. The van der Waals surface area contributed by atoms with Crippen LogP contribution in [0.15, 0.2) is 0 Å². The van der Waals surface area contributed by atoms with Crippen molar-refractivity contribution < 1.29 is 19.8 Å². The number of carbonyl (C=O) groups is 2. The zero-order valence-electron chi connectivity index (χ0n) is 14.5. The predicted molar refractivity (Wildman–Crippen MR) is 90.9 cm³/mol. The van der Waals surface area contributed by atoms with Crippen LogP contribution in [0.4, 0.5) is 0 Å². The van der Waals surface area contributed by atoms with Gasteiger partial charge in [0.15, 0.2) is 0 Å². The van der Waals surface area contributed by atoms with Gasteiger partial charge in [0, 0.05) is 18.1 Å². The maximum absolute atomic E-state index is 11.2. The number of aliphatic carboxylic acids is 2. The largest absolute Gasteiger partial charge is 0.481 e. The van der Waals surface area contributed by atoms with Gasteiger partial charge in [0.1, 0.15) is 0 Å². The summed E-state index contributed by atoms with van der Waals surface area (Å²) in [5.74, 6) is -1.59. The van der Waals surface area contributed by atoms with Crippen LogP contribution in [0, 0.1) is 11.8 Å². The SMILES string of the molecule is O=C(O)C1CCC(N(C2CCCC2)C2CCC(C(=O)O)CC2)CC1. The van der Waals surface area contributed by atoms with Crippen LogP contribution in [0.3, 0.4) is 0 Å². The minimum absolute atomic E-state index is 0.158. The number of rotatable bonds is 5. The molecule has 0 bridgehead atoms. The fraction of sp³-hybridized carbons (Fsp3) is 0.895. The second kappa shape index (κ2) is 7.85. The van der Waals surface area contributed by atoms with Crippen molar-refractivity contribution in [2.45, 2.75) is 95.2 Å². The number of carboxylic acids is 2. The van der Waals surface area contributed by atoms with Crippen LogP contribution >= 0.6 is 0 Å². The molecule has 0 atom stereocenters. The van der Waals surface area contributed by atoms with E-state index in [4.69, 9.17) is 0 Å². The van der Waals surface area contributed by atoms with Crippen molar-refractivity contribution >= 4 is 11.9 Å². The standard InChI is InChI=1S/C19H31NO4/c21-18(22)13-5-9-16(10-6-13)20(15-3-1-2-4-15)17-11-7-14(8-12-17)19(23)24/h13-17H,1-12H2,(H,21,22)(H,23,24). The van der Waals surface area contributed by atoms with Crippen LogP contribution in [-0.2, 0) is 9.59 Å². The number of hydrogen-bond donors (Lipinski definition) is 2. The summed E-state index contributed by atoms with van der Waals surface area (Å²) >= 11 is 0. The summed E-state index contributed by atoms with van der Waals surface area (Å²) < 4.78 is 0. The lowest BCUT2D eigenvalue weighted by molar-refractivity contribution is -0.143. The first kappa shape index (κ1) is 17.7. The first-order chi connectivity index (χ1) is 11.6. The molecule has 3 aliphatic carbocycles. The summed E-state index contributed by atoms with van der Waals surface area (Å²) in [6.45, 7) is 0. The van der Waals surface area contributed by atoms with Gasteiger partial charge in [-0.15, -0.1) is 0 Å². The minimum Gasteiger partial charge on any atom is -0.481 e. The van der Waals surface area contributed by atoms with Gasteiger partial charge in [0.25, 0.3) is 0 Å². The molecule has 0 unspecified atom stereocenters. The van der Waals surface area contributed by atoms with Crippen LogP contribution in [0.5, 0.6) is 0 Å². The fourth-order valence-electron chi connectivity index (χ4n) is 5.34. The quantitative estimate of drug-likeness (QED) is 0.802. The molecule has 5 heteroatoms. The summed E-state index contributed by atoms with van der Waals surface area (Å²) in [5.41, 5.74) is 0. The van der Waals surface area contributed by atoms with Crippen molar-refractivity contribution in [1.29, 1.82) is 0 Å². The molecule has 0 spiro atoms. The molecule has 0 amide bonds. The monoisotopic (exact) mass is 337 g/mol. The maximum Gasteiger partial charge on any atom is 0.306 e. The molecular formula is C19H31NO4. The Morgan fingerprint density at radius 1 is 0.583 bits per heavy atom. The van der Waals surface area contributed by atoms with Crippen LogP contribution < -0.4 is 0 Å². The van der Waals surface area contributed by atoms with E-state index >= 15 is 0 Å². The molecule has 0 heterocycles. The molecule has 0 aromatic rings. The van der Waals surface area contributed by atoms with Crippen LogP contribution in [-0.4, -0.2) is 45.2 Å². The van der Waals surface area contributed by atoms with E-state index in [1.54, 1.807) is 0 Å². The van der Waals surface area contributed by atoms with E-state index in [1.165, 1.54) is 25.7 Å². The van der Waals surface area contributed by atoms with Crippen LogP contribution in [0.25, 0.3) is 0 Å². The molecule has 2 N–H and O–H groups in total. The third-order valence-corrected chi connectivity index (χ3v) is 6.68. The third kappa shape index (κ3) is 3.93. The normalized spacial score (nSPS) is 35.2. The Morgan fingerprint density at radius 3 is 1.25 bits per heavy atom. The number of hydrogen-bond acceptors (Lipinski definition) is 3. The van der Waals surface area contributed by atoms with Gasteiger partial charge < -0.3 is 10.2 Å². The Bertz CT molecular complexity index is 410. The highest BCUT2D eigenvalue weighted by molar-refractivity contribution is 5.70. The van der Waals surface area contributed by atoms with Gasteiger partial charge in [-0.2, -0.15) is 0 Å². The molecule has 5 nitrogen and oxygen atoms in total. The predicted octanol–water partition coefficient (Wildman–Crippen LogP) is 3.52. The highest BCUT2D eigenvalue weighted by Crippen LogP contribution is 2.38. The Hall–Kier alpha value is -1.10. The lowest BCUT2D eigenvalue weighted by atomic mass is 9.80. The van der Waals surface area contributed by atoms with E-state index in [0.29, 0.717) is 18.1 Å². The van der Waals surface area contributed by atoms with E-state index in [2.05, 4.69) is 4.90 Å². The summed E-state index contributed by atoms with van der Waals surface area (Å²) in [7, 11) is 0. The molecule has 0 aliphatic heterocycles. The van der Waals surface area contributed by atoms with E-state index < -0.39 is 11.9 Å². The van der Waals surface area contributed by atoms with Gasteiger partial charge in [0.05, 0.1) is 11.8 Å². The molecule has 0 aromatic heterocycles. The summed E-state index contributed by atoms with van der Waals surface area (Å²) in [4.78, 5) is 25.2. The smallest absolute Gasteiger partial charge is 0.306 e.